The Hall–Kier alpha value is -9.50. The zero-order valence-electron chi connectivity index (χ0n) is 39.6. The lowest BCUT2D eigenvalue weighted by molar-refractivity contribution is 1.18. The summed E-state index contributed by atoms with van der Waals surface area (Å²) in [5, 5.41) is 4.94. The van der Waals surface area contributed by atoms with Crippen LogP contribution in [0.15, 0.2) is 291 Å². The van der Waals surface area contributed by atoms with Gasteiger partial charge in [0.1, 0.15) is 0 Å². The summed E-state index contributed by atoms with van der Waals surface area (Å²) >= 11 is 0. The zero-order chi connectivity index (χ0) is 47.8. The van der Waals surface area contributed by atoms with Crippen LogP contribution in [0, 0.1) is 0 Å². The van der Waals surface area contributed by atoms with Gasteiger partial charge in [-0.2, -0.15) is 0 Å². The third-order valence-corrected chi connectivity index (χ3v) is 14.2. The average molecular weight is 917 g/mol. The van der Waals surface area contributed by atoms with Gasteiger partial charge < -0.3 is 9.47 Å². The lowest BCUT2D eigenvalue weighted by Crippen LogP contribution is -2.11. The van der Waals surface area contributed by atoms with E-state index in [4.69, 9.17) is 0 Å². The predicted octanol–water partition coefficient (Wildman–Crippen LogP) is 19.4. The molecule has 12 aromatic carbocycles. The number of para-hydroxylation sites is 3. The second kappa shape index (κ2) is 18.4. The molecule has 13 aromatic rings. The average Bonchev–Trinajstić information content (AvgIpc) is 3.81. The van der Waals surface area contributed by atoms with Gasteiger partial charge in [0.25, 0.3) is 0 Å². The van der Waals surface area contributed by atoms with Crippen molar-refractivity contribution >= 4 is 49.6 Å². The topological polar surface area (TPSA) is 8.17 Å². The highest BCUT2D eigenvalue weighted by atomic mass is 15.1. The van der Waals surface area contributed by atoms with Crippen LogP contribution in [0.2, 0.25) is 0 Å². The molecule has 0 aliphatic carbocycles. The number of aromatic nitrogens is 1. The minimum atomic E-state index is 1.06. The first-order valence-electron chi connectivity index (χ1n) is 24.8. The van der Waals surface area contributed by atoms with Crippen LogP contribution in [-0.2, 0) is 0 Å². The molecule has 0 N–H and O–H groups in total. The molecule has 0 saturated carbocycles. The van der Waals surface area contributed by atoms with Gasteiger partial charge >= 0.3 is 0 Å². The first-order chi connectivity index (χ1) is 35.8. The predicted molar refractivity (Wildman–Crippen MR) is 306 cm³/mol. The zero-order valence-corrected chi connectivity index (χ0v) is 39.6. The van der Waals surface area contributed by atoms with E-state index in [1.165, 1.54) is 82.6 Å². The van der Waals surface area contributed by atoms with Gasteiger partial charge in [-0.05, 0) is 127 Å². The molecule has 338 valence electrons. The molecule has 2 heteroatoms. The second-order valence-corrected chi connectivity index (χ2v) is 18.4. The van der Waals surface area contributed by atoms with Crippen LogP contribution in [-0.4, -0.2) is 4.57 Å². The highest BCUT2D eigenvalue weighted by Gasteiger charge is 2.24. The normalized spacial score (nSPS) is 11.3. The van der Waals surface area contributed by atoms with E-state index in [1.54, 1.807) is 0 Å². The summed E-state index contributed by atoms with van der Waals surface area (Å²) in [6.07, 6.45) is 0. The summed E-state index contributed by atoms with van der Waals surface area (Å²) in [6, 6.07) is 106. The standard InChI is InChI=1S/C70H48N2/c1-4-22-49(23-5-1)59-33-12-13-35-63(59)69-60(51-24-6-2-7-25-51)38-20-40-64(69)62-34-14-16-41-66(62)71(55-46-44-52(45-47-55)58-37-19-27-50-26-10-11-32-57(50)58)56-31-18-28-53(48-56)61-39-21-43-68-70(61)65-36-15-17-42-67(65)72(68)54-29-8-3-9-30-54/h1-48H. The van der Waals surface area contributed by atoms with Gasteiger partial charge in [-0.25, -0.2) is 0 Å². The van der Waals surface area contributed by atoms with Crippen LogP contribution in [0.1, 0.15) is 0 Å². The molecule has 0 saturated heterocycles. The molecular weight excluding hydrogens is 869 g/mol. The third kappa shape index (κ3) is 7.54. The first-order valence-corrected chi connectivity index (χ1v) is 24.8. The van der Waals surface area contributed by atoms with Crippen LogP contribution in [0.25, 0.3) is 105 Å². The molecule has 13 rings (SSSR count). The molecule has 0 fully saturated rings. The summed E-state index contributed by atoms with van der Waals surface area (Å²) in [6.45, 7) is 0. The fourth-order valence-corrected chi connectivity index (χ4v) is 11.0. The Labute approximate surface area is 420 Å². The van der Waals surface area contributed by atoms with E-state index in [9.17, 15) is 0 Å². The molecule has 0 amide bonds. The van der Waals surface area contributed by atoms with Crippen molar-refractivity contribution in [3.63, 3.8) is 0 Å². The van der Waals surface area contributed by atoms with Gasteiger partial charge in [-0.15, -0.1) is 0 Å². The first kappa shape index (κ1) is 42.6. The van der Waals surface area contributed by atoms with Gasteiger partial charge in [0, 0.05) is 33.4 Å². The Balaban J connectivity index is 1.04. The number of nitrogens with zero attached hydrogens (tertiary/aromatic N) is 2. The lowest BCUT2D eigenvalue weighted by atomic mass is 9.84. The van der Waals surface area contributed by atoms with Crippen LogP contribution < -0.4 is 4.90 Å². The number of hydrogen-bond donors (Lipinski definition) is 0. The number of anilines is 3. The summed E-state index contributed by atoms with van der Waals surface area (Å²) in [5.41, 5.74) is 20.8. The quantitative estimate of drug-likeness (QED) is 0.133. The van der Waals surface area contributed by atoms with E-state index < -0.39 is 0 Å². The maximum atomic E-state index is 2.46. The van der Waals surface area contributed by atoms with Crippen molar-refractivity contribution in [2.24, 2.45) is 0 Å². The van der Waals surface area contributed by atoms with Gasteiger partial charge in [-0.1, -0.05) is 237 Å². The molecule has 0 radical (unpaired) electrons. The summed E-state index contributed by atoms with van der Waals surface area (Å²) in [4.78, 5) is 2.46. The Morgan fingerprint density at radius 3 is 1.56 bits per heavy atom. The van der Waals surface area contributed by atoms with Crippen LogP contribution in [0.3, 0.4) is 0 Å². The smallest absolute Gasteiger partial charge is 0.0547 e. The van der Waals surface area contributed by atoms with Crippen molar-refractivity contribution < 1.29 is 0 Å². The van der Waals surface area contributed by atoms with Crippen molar-refractivity contribution in [2.45, 2.75) is 0 Å². The lowest BCUT2D eigenvalue weighted by Gasteiger charge is -2.29. The van der Waals surface area contributed by atoms with E-state index in [2.05, 4.69) is 301 Å². The van der Waals surface area contributed by atoms with Crippen LogP contribution >= 0.6 is 0 Å². The molecule has 0 aliphatic rings. The minimum Gasteiger partial charge on any atom is -0.310 e. The maximum Gasteiger partial charge on any atom is 0.0547 e. The van der Waals surface area contributed by atoms with E-state index in [1.807, 2.05) is 0 Å². The van der Waals surface area contributed by atoms with Crippen molar-refractivity contribution in [3.8, 4) is 72.4 Å². The SMILES string of the molecule is c1ccc(-c2ccccc2-c2c(-c3ccccc3)cccc2-c2ccccc2N(c2ccc(-c3cccc4ccccc34)cc2)c2cccc(-c3cccc4c3c3ccccc3n4-c3ccccc3)c2)cc1. The van der Waals surface area contributed by atoms with Crippen LogP contribution in [0.4, 0.5) is 17.1 Å². The highest BCUT2D eigenvalue weighted by molar-refractivity contribution is 6.16. The van der Waals surface area contributed by atoms with E-state index in [0.717, 1.165) is 39.4 Å². The minimum absolute atomic E-state index is 1.06. The highest BCUT2D eigenvalue weighted by Crippen LogP contribution is 2.49. The monoisotopic (exact) mass is 916 g/mol. The summed E-state index contributed by atoms with van der Waals surface area (Å²) in [7, 11) is 0. The largest absolute Gasteiger partial charge is 0.310 e. The van der Waals surface area contributed by atoms with Crippen LogP contribution in [0.5, 0.6) is 0 Å². The summed E-state index contributed by atoms with van der Waals surface area (Å²) < 4.78 is 2.40. The molecule has 1 heterocycles. The number of fused-ring (bicyclic) bond motifs is 4. The summed E-state index contributed by atoms with van der Waals surface area (Å²) in [5.74, 6) is 0. The van der Waals surface area contributed by atoms with E-state index in [0.29, 0.717) is 0 Å². The van der Waals surface area contributed by atoms with Gasteiger partial charge in [0.15, 0.2) is 0 Å². The fourth-order valence-electron chi connectivity index (χ4n) is 11.0. The molecule has 0 spiro atoms. The van der Waals surface area contributed by atoms with Crippen molar-refractivity contribution in [1.82, 2.24) is 4.57 Å². The number of benzene rings is 12. The molecule has 0 atom stereocenters. The molecule has 0 unspecified atom stereocenters. The second-order valence-electron chi connectivity index (χ2n) is 18.4. The molecule has 0 aliphatic heterocycles. The van der Waals surface area contributed by atoms with E-state index in [-0.39, 0.29) is 0 Å². The number of rotatable bonds is 10. The molecular formula is C70H48N2. The van der Waals surface area contributed by atoms with Gasteiger partial charge in [0.2, 0.25) is 0 Å². The molecule has 1 aromatic heterocycles. The Morgan fingerprint density at radius 1 is 0.264 bits per heavy atom. The Bertz CT molecular complexity index is 4070. The van der Waals surface area contributed by atoms with Gasteiger partial charge in [-0.3, -0.25) is 0 Å². The Morgan fingerprint density at radius 2 is 0.764 bits per heavy atom. The maximum absolute atomic E-state index is 2.46. The third-order valence-electron chi connectivity index (χ3n) is 14.2. The molecule has 0 bridgehead atoms. The van der Waals surface area contributed by atoms with Crippen molar-refractivity contribution in [1.29, 1.82) is 0 Å². The van der Waals surface area contributed by atoms with Crippen molar-refractivity contribution in [3.05, 3.63) is 291 Å². The fraction of sp³-hybridized carbons (Fsp3) is 0. The van der Waals surface area contributed by atoms with Gasteiger partial charge in [0.05, 0.1) is 16.7 Å². The number of hydrogen-bond acceptors (Lipinski definition) is 1. The Kier molecular flexibility index (Phi) is 10.9. The molecule has 2 nitrogen and oxygen atoms in total. The molecule has 72 heavy (non-hydrogen) atoms. The van der Waals surface area contributed by atoms with E-state index >= 15 is 0 Å². The van der Waals surface area contributed by atoms with Crippen molar-refractivity contribution in [2.75, 3.05) is 4.90 Å².